The van der Waals surface area contributed by atoms with Crippen molar-refractivity contribution >= 4 is 72.8 Å². The lowest BCUT2D eigenvalue weighted by atomic mass is 10.0. The number of nitrogens with one attached hydrogen (secondary N) is 1. The van der Waals surface area contributed by atoms with Crippen molar-refractivity contribution < 1.29 is 23.3 Å². The van der Waals surface area contributed by atoms with E-state index < -0.39 is 17.3 Å². The first-order valence-electron chi connectivity index (χ1n) is 15.7. The second kappa shape index (κ2) is 15.0. The third-order valence-electron chi connectivity index (χ3n) is 8.36. The largest absolute Gasteiger partial charge is 0.588 e. The van der Waals surface area contributed by atoms with E-state index in [0.29, 0.717) is 33.9 Å². The summed E-state index contributed by atoms with van der Waals surface area (Å²) < 4.78 is 28.4. The summed E-state index contributed by atoms with van der Waals surface area (Å²) in [5.74, 6) is -0.392. The normalized spacial score (nSPS) is 14.3. The minimum atomic E-state index is -1.58. The van der Waals surface area contributed by atoms with Crippen LogP contribution in [-0.4, -0.2) is 48.7 Å². The number of hydrogen-bond acceptors (Lipinski definition) is 8. The first-order chi connectivity index (χ1) is 22.8. The number of benzene rings is 3. The molecule has 6 rings (SSSR count). The minimum Gasteiger partial charge on any atom is -0.588 e. The van der Waals surface area contributed by atoms with Gasteiger partial charge in [-0.05, 0) is 90.3 Å². The Morgan fingerprint density at radius 2 is 1.83 bits per heavy atom. The van der Waals surface area contributed by atoms with Crippen LogP contribution in [0.3, 0.4) is 0 Å². The first-order valence-corrected chi connectivity index (χ1v) is 18.4. The number of piperidine rings is 1. The Balaban J connectivity index is 1.26. The van der Waals surface area contributed by atoms with Crippen LogP contribution in [0.15, 0.2) is 98.0 Å². The summed E-state index contributed by atoms with van der Waals surface area (Å²) in [5, 5.41) is 5.84. The molecule has 244 valence electrons. The monoisotopic (exact) mass is 733 g/mol. The molecule has 1 aliphatic heterocycles. The van der Waals surface area contributed by atoms with Gasteiger partial charge in [0.25, 0.3) is 5.91 Å². The van der Waals surface area contributed by atoms with Gasteiger partial charge in [-0.3, -0.25) is 4.79 Å². The maximum absolute atomic E-state index is 14.6. The van der Waals surface area contributed by atoms with Crippen LogP contribution in [0.1, 0.15) is 51.1 Å². The van der Waals surface area contributed by atoms with Crippen LogP contribution in [0.4, 0.5) is 11.4 Å². The van der Waals surface area contributed by atoms with E-state index in [1.54, 1.807) is 19.1 Å². The number of thiophene rings is 1. The summed E-state index contributed by atoms with van der Waals surface area (Å²) in [6.45, 7) is 5.85. The average molecular weight is 735 g/mol. The third kappa shape index (κ3) is 7.38. The molecule has 1 amide bonds. The molecular weight excluding hydrogens is 698 g/mol. The summed E-state index contributed by atoms with van der Waals surface area (Å²) in [6.07, 6.45) is 2.30. The van der Waals surface area contributed by atoms with E-state index in [1.807, 2.05) is 65.1 Å². The second-order valence-corrected chi connectivity index (χ2v) is 14.5. The predicted molar refractivity (Wildman–Crippen MR) is 192 cm³/mol. The van der Waals surface area contributed by atoms with Crippen LogP contribution in [0.5, 0.6) is 0 Å². The molecule has 1 aliphatic rings. The van der Waals surface area contributed by atoms with E-state index in [1.165, 1.54) is 11.3 Å². The highest BCUT2D eigenvalue weighted by molar-refractivity contribution is 9.10. The van der Waals surface area contributed by atoms with Gasteiger partial charge in [0.1, 0.15) is 27.5 Å². The van der Waals surface area contributed by atoms with Crippen molar-refractivity contribution in [2.45, 2.75) is 44.0 Å². The lowest BCUT2D eigenvalue weighted by Gasteiger charge is -2.36. The Labute approximate surface area is 290 Å². The van der Waals surface area contributed by atoms with E-state index in [-0.39, 0.29) is 24.3 Å². The molecule has 0 aliphatic carbocycles. The van der Waals surface area contributed by atoms with Crippen molar-refractivity contribution in [3.05, 3.63) is 110 Å². The van der Waals surface area contributed by atoms with Crippen molar-refractivity contribution in [2.24, 2.45) is 0 Å². The zero-order valence-corrected chi connectivity index (χ0v) is 29.5. The van der Waals surface area contributed by atoms with E-state index >= 15 is 0 Å². The number of esters is 1. The van der Waals surface area contributed by atoms with Crippen molar-refractivity contribution in [3.8, 4) is 0 Å². The average Bonchev–Trinajstić information content (AvgIpc) is 3.68. The molecule has 3 aromatic carbocycles. The number of nitrogens with zero attached hydrogens (tertiary/aromatic N) is 2. The topological polar surface area (TPSA) is 98.1 Å². The van der Waals surface area contributed by atoms with E-state index in [2.05, 4.69) is 44.3 Å². The molecule has 0 saturated carbocycles. The molecule has 1 unspecified atom stereocenters. The highest BCUT2D eigenvalue weighted by Crippen LogP contribution is 2.36. The lowest BCUT2D eigenvalue weighted by Crippen LogP contribution is -2.45. The number of carbonyl (C=O) groups is 2. The zero-order chi connectivity index (χ0) is 32.9. The summed E-state index contributed by atoms with van der Waals surface area (Å²) in [7, 11) is 0. The summed E-state index contributed by atoms with van der Waals surface area (Å²) in [6, 6.07) is 25.7. The number of ether oxygens (including phenoxy) is 1. The Kier molecular flexibility index (Phi) is 10.6. The van der Waals surface area contributed by atoms with Gasteiger partial charge < -0.3 is 23.9 Å². The number of halogens is 1. The molecular formula is C36H36BrN3O5S2. The minimum absolute atomic E-state index is 0.0487. The molecule has 5 aromatic rings. The van der Waals surface area contributed by atoms with Gasteiger partial charge in [-0.2, -0.15) is 4.31 Å². The lowest BCUT2D eigenvalue weighted by molar-refractivity contribution is 0.0491. The number of hydrogen-bond donors (Lipinski definition) is 1. The smallest absolute Gasteiger partial charge is 0.374 e. The van der Waals surface area contributed by atoms with Gasteiger partial charge in [0.2, 0.25) is 5.76 Å². The molecule has 1 atom stereocenters. The van der Waals surface area contributed by atoms with Crippen LogP contribution < -0.4 is 14.5 Å². The van der Waals surface area contributed by atoms with Gasteiger partial charge in [-0.1, -0.05) is 42.5 Å². The van der Waals surface area contributed by atoms with E-state index in [0.717, 1.165) is 52.7 Å². The SMILES string of the molecule is CCOC(=O)c1oc2ccc([S+]([O-])N(CCc3ccccc3)c3ccccc3N3CCC(NC(=O)c4sccc4Br)CC3)cc2c1C. The molecule has 0 radical (unpaired) electrons. The fourth-order valence-corrected chi connectivity index (χ4v) is 8.61. The number of para-hydroxylation sites is 2. The highest BCUT2D eigenvalue weighted by atomic mass is 79.9. The summed E-state index contributed by atoms with van der Waals surface area (Å²) in [5.41, 5.74) is 4.24. The highest BCUT2D eigenvalue weighted by Gasteiger charge is 2.30. The van der Waals surface area contributed by atoms with Gasteiger partial charge in [-0.15, -0.1) is 11.3 Å². The molecule has 3 heterocycles. The summed E-state index contributed by atoms with van der Waals surface area (Å²) in [4.78, 5) is 28.9. The van der Waals surface area contributed by atoms with Crippen molar-refractivity contribution in [1.82, 2.24) is 5.32 Å². The van der Waals surface area contributed by atoms with Crippen molar-refractivity contribution in [2.75, 3.05) is 35.4 Å². The number of carbonyl (C=O) groups excluding carboxylic acids is 2. The van der Waals surface area contributed by atoms with Crippen LogP contribution >= 0.6 is 27.3 Å². The zero-order valence-electron chi connectivity index (χ0n) is 26.2. The van der Waals surface area contributed by atoms with E-state index in [4.69, 9.17) is 9.15 Å². The molecule has 1 N–H and O–H groups in total. The van der Waals surface area contributed by atoms with Crippen LogP contribution in [0.2, 0.25) is 0 Å². The van der Waals surface area contributed by atoms with Crippen LogP contribution in [0.25, 0.3) is 11.0 Å². The van der Waals surface area contributed by atoms with E-state index in [9.17, 15) is 14.1 Å². The number of furan rings is 1. The fraction of sp³-hybridized carbons (Fsp3) is 0.278. The fourth-order valence-electron chi connectivity index (χ4n) is 5.91. The molecule has 1 fully saturated rings. The quantitative estimate of drug-likeness (QED) is 0.109. The Bertz CT molecular complexity index is 1850. The Hall–Kier alpha value is -3.77. The van der Waals surface area contributed by atoms with Crippen LogP contribution in [-0.2, 0) is 22.5 Å². The van der Waals surface area contributed by atoms with Crippen molar-refractivity contribution in [1.29, 1.82) is 0 Å². The molecule has 8 nitrogen and oxygen atoms in total. The maximum atomic E-state index is 14.6. The van der Waals surface area contributed by atoms with Gasteiger partial charge in [0, 0.05) is 40.6 Å². The third-order valence-corrected chi connectivity index (χ3v) is 11.6. The summed E-state index contributed by atoms with van der Waals surface area (Å²) >= 11 is 3.32. The van der Waals surface area contributed by atoms with Gasteiger partial charge in [0.05, 0.1) is 18.8 Å². The maximum Gasteiger partial charge on any atom is 0.374 e. The molecule has 0 bridgehead atoms. The number of fused-ring (bicyclic) bond motifs is 1. The number of rotatable bonds is 11. The first kappa shape index (κ1) is 33.1. The Morgan fingerprint density at radius 1 is 1.09 bits per heavy atom. The predicted octanol–water partition coefficient (Wildman–Crippen LogP) is 7.91. The van der Waals surface area contributed by atoms with Gasteiger partial charge in [-0.25, -0.2) is 4.79 Å². The second-order valence-electron chi connectivity index (χ2n) is 11.3. The number of amides is 1. The molecule has 11 heteroatoms. The number of anilines is 2. The Morgan fingerprint density at radius 3 is 2.55 bits per heavy atom. The van der Waals surface area contributed by atoms with Gasteiger partial charge in [0.15, 0.2) is 4.90 Å². The number of aryl methyl sites for hydroxylation is 1. The standard InChI is InChI=1S/C36H36BrN3O5S2/c1-3-44-36(42)33-24(2)28-23-27(13-14-32(28)45-33)47(43)40(21-15-25-9-5-4-6-10-25)31-12-8-7-11-30(31)39-19-16-26(17-20-39)38-35(41)34-29(37)18-22-46-34/h4-14,18,22-23,26H,3,15-17,19-21H2,1-2H3,(H,38,41). The van der Waals surface area contributed by atoms with Crippen molar-refractivity contribution in [3.63, 3.8) is 0 Å². The van der Waals surface area contributed by atoms with Crippen LogP contribution in [0, 0.1) is 6.92 Å². The van der Waals surface area contributed by atoms with Gasteiger partial charge >= 0.3 is 5.97 Å². The molecule has 0 spiro atoms. The molecule has 1 saturated heterocycles. The molecule has 47 heavy (non-hydrogen) atoms. The molecule has 2 aromatic heterocycles.